The van der Waals surface area contributed by atoms with Gasteiger partial charge < -0.3 is 14.5 Å². The fraction of sp³-hybridized carbons (Fsp3) is 0.400. The van der Waals surface area contributed by atoms with Gasteiger partial charge in [-0.15, -0.1) is 0 Å². The van der Waals surface area contributed by atoms with Crippen LogP contribution in [0.2, 0.25) is 5.02 Å². The Morgan fingerprint density at radius 2 is 1.97 bits per heavy atom. The molecule has 2 aromatic rings. The third kappa shape index (κ3) is 5.35. The number of ether oxygens (including phenoxy) is 1. The van der Waals surface area contributed by atoms with Gasteiger partial charge in [0.2, 0.25) is 5.76 Å². The average Bonchev–Trinajstić information content (AvgIpc) is 2.68. The summed E-state index contributed by atoms with van der Waals surface area (Å²) in [6.45, 7) is 1.37. The molecule has 1 saturated carbocycles. The van der Waals surface area contributed by atoms with Crippen molar-refractivity contribution in [2.45, 2.75) is 38.6 Å². The number of nitrogens with one attached hydrogen (secondary N) is 2. The van der Waals surface area contributed by atoms with E-state index < -0.39 is 29.9 Å². The van der Waals surface area contributed by atoms with Crippen molar-refractivity contribution in [3.05, 3.63) is 45.3 Å². The van der Waals surface area contributed by atoms with E-state index in [1.165, 1.54) is 18.2 Å². The molecule has 3 rings (SSSR count). The first-order valence-electron chi connectivity index (χ1n) is 9.34. The van der Waals surface area contributed by atoms with Crippen LogP contribution in [-0.2, 0) is 9.53 Å². The molecule has 29 heavy (non-hydrogen) atoms. The third-order valence-electron chi connectivity index (χ3n) is 4.91. The van der Waals surface area contributed by atoms with Crippen LogP contribution < -0.4 is 16.1 Å². The zero-order chi connectivity index (χ0) is 21.0. The quantitative estimate of drug-likeness (QED) is 0.735. The Kier molecular flexibility index (Phi) is 6.53. The van der Waals surface area contributed by atoms with Crippen LogP contribution in [0.25, 0.3) is 11.0 Å². The zero-order valence-corrected chi connectivity index (χ0v) is 16.6. The molecule has 1 aliphatic carbocycles. The fourth-order valence-corrected chi connectivity index (χ4v) is 3.50. The molecule has 8 nitrogen and oxygen atoms in total. The highest BCUT2D eigenvalue weighted by Crippen LogP contribution is 2.23. The Bertz CT molecular complexity index is 1000. The van der Waals surface area contributed by atoms with Crippen molar-refractivity contribution in [1.29, 1.82) is 0 Å². The van der Waals surface area contributed by atoms with Gasteiger partial charge in [0, 0.05) is 17.1 Å². The van der Waals surface area contributed by atoms with E-state index in [0.717, 1.165) is 31.7 Å². The first-order chi connectivity index (χ1) is 13.8. The molecule has 0 aliphatic heterocycles. The van der Waals surface area contributed by atoms with Gasteiger partial charge >= 0.3 is 12.0 Å². The van der Waals surface area contributed by atoms with Crippen LogP contribution in [0.5, 0.6) is 0 Å². The van der Waals surface area contributed by atoms with Crippen molar-refractivity contribution in [2.75, 3.05) is 6.61 Å². The number of hydrogen-bond donors (Lipinski definition) is 2. The molecule has 2 atom stereocenters. The van der Waals surface area contributed by atoms with Gasteiger partial charge in [-0.3, -0.25) is 14.9 Å². The number of imide groups is 1. The lowest BCUT2D eigenvalue weighted by molar-refractivity contribution is -0.123. The second-order valence-electron chi connectivity index (χ2n) is 7.08. The number of esters is 1. The molecule has 1 aromatic carbocycles. The molecule has 154 valence electrons. The highest BCUT2D eigenvalue weighted by molar-refractivity contribution is 6.31. The lowest BCUT2D eigenvalue weighted by atomic mass is 9.86. The van der Waals surface area contributed by atoms with E-state index in [0.29, 0.717) is 10.9 Å². The lowest BCUT2D eigenvalue weighted by Crippen LogP contribution is -2.48. The summed E-state index contributed by atoms with van der Waals surface area (Å²) < 4.78 is 10.2. The van der Waals surface area contributed by atoms with E-state index in [4.69, 9.17) is 20.8 Å². The maximum atomic E-state index is 12.1. The highest BCUT2D eigenvalue weighted by atomic mass is 35.5. The maximum absolute atomic E-state index is 12.1. The Hall–Kier alpha value is -2.87. The topological polar surface area (TPSA) is 115 Å². The minimum atomic E-state index is -0.990. The Morgan fingerprint density at radius 1 is 1.21 bits per heavy atom. The molecule has 1 heterocycles. The largest absolute Gasteiger partial charge is 0.450 e. The van der Waals surface area contributed by atoms with E-state index in [1.54, 1.807) is 0 Å². The summed E-state index contributed by atoms with van der Waals surface area (Å²) in [5.41, 5.74) is -0.301. The predicted octanol–water partition coefficient (Wildman–Crippen LogP) is 3.01. The van der Waals surface area contributed by atoms with Crippen LogP contribution in [0.15, 0.2) is 33.5 Å². The number of rotatable bonds is 4. The summed E-state index contributed by atoms with van der Waals surface area (Å²) in [6, 6.07) is 4.76. The third-order valence-corrected chi connectivity index (χ3v) is 5.14. The Balaban J connectivity index is 1.54. The zero-order valence-electron chi connectivity index (χ0n) is 15.8. The predicted molar refractivity (Wildman–Crippen MR) is 106 cm³/mol. The van der Waals surface area contributed by atoms with E-state index in [1.807, 2.05) is 0 Å². The summed E-state index contributed by atoms with van der Waals surface area (Å²) in [6.07, 6.45) is 4.06. The van der Waals surface area contributed by atoms with Crippen LogP contribution >= 0.6 is 11.6 Å². The molecule has 0 bridgehead atoms. The maximum Gasteiger partial charge on any atom is 0.374 e. The molecule has 1 fully saturated rings. The van der Waals surface area contributed by atoms with Crippen LogP contribution in [0, 0.1) is 5.92 Å². The number of hydrogen-bond acceptors (Lipinski definition) is 6. The van der Waals surface area contributed by atoms with E-state index in [9.17, 15) is 19.2 Å². The number of benzene rings is 1. The van der Waals surface area contributed by atoms with E-state index in [-0.39, 0.29) is 22.8 Å². The summed E-state index contributed by atoms with van der Waals surface area (Å²) in [7, 11) is 0. The van der Waals surface area contributed by atoms with Gasteiger partial charge in [-0.1, -0.05) is 31.4 Å². The van der Waals surface area contributed by atoms with Gasteiger partial charge in [0.05, 0.1) is 5.39 Å². The first-order valence-corrected chi connectivity index (χ1v) is 9.72. The fourth-order valence-electron chi connectivity index (χ4n) is 3.33. The summed E-state index contributed by atoms with van der Waals surface area (Å²) in [5, 5.41) is 5.48. The smallest absolute Gasteiger partial charge is 0.374 e. The second kappa shape index (κ2) is 9.09. The van der Waals surface area contributed by atoms with Crippen LogP contribution in [-0.4, -0.2) is 30.6 Å². The van der Waals surface area contributed by atoms with Gasteiger partial charge in [0.1, 0.15) is 5.58 Å². The van der Waals surface area contributed by atoms with Crippen molar-refractivity contribution in [3.63, 3.8) is 0 Å². The normalized spacial score (nSPS) is 18.8. The van der Waals surface area contributed by atoms with Crippen molar-refractivity contribution >= 4 is 40.5 Å². The number of fused-ring (bicyclic) bond motifs is 1. The molecule has 0 spiro atoms. The van der Waals surface area contributed by atoms with E-state index >= 15 is 0 Å². The summed E-state index contributed by atoms with van der Waals surface area (Å²) >= 11 is 5.84. The first kappa shape index (κ1) is 20.9. The van der Waals surface area contributed by atoms with Crippen LogP contribution in [0.1, 0.15) is 43.2 Å². The SMILES string of the molecule is C[C@H]1CCCC[C@@H]1NC(=O)NC(=O)COC(=O)c1cc(=O)c2cc(Cl)ccc2o1. The molecule has 0 unspecified atom stereocenters. The lowest BCUT2D eigenvalue weighted by Gasteiger charge is -2.29. The number of urea groups is 1. The number of carbonyl (C=O) groups excluding carboxylic acids is 3. The number of carbonyl (C=O) groups is 3. The standard InChI is InChI=1S/C20H21ClN2O6/c1-11-4-2-3-5-14(11)22-20(27)23-18(25)10-28-19(26)17-9-15(24)13-8-12(21)6-7-16(13)29-17/h6-9,11,14H,2-5,10H2,1H3,(H2,22,23,25,27)/t11-,14-/m0/s1. The molecule has 1 aliphatic rings. The Labute approximate surface area is 171 Å². The van der Waals surface area contributed by atoms with Gasteiger partial charge in [0.15, 0.2) is 12.0 Å². The molecular weight excluding hydrogens is 400 g/mol. The highest BCUT2D eigenvalue weighted by Gasteiger charge is 2.23. The average molecular weight is 421 g/mol. The molecule has 0 radical (unpaired) electrons. The Morgan fingerprint density at radius 3 is 2.72 bits per heavy atom. The molecular formula is C20H21ClN2O6. The van der Waals surface area contributed by atoms with Gasteiger partial charge in [-0.25, -0.2) is 9.59 Å². The minimum Gasteiger partial charge on any atom is -0.450 e. The van der Waals surface area contributed by atoms with E-state index in [2.05, 4.69) is 17.6 Å². The van der Waals surface area contributed by atoms with Gasteiger partial charge in [0.25, 0.3) is 5.91 Å². The van der Waals surface area contributed by atoms with Gasteiger partial charge in [-0.05, 0) is 37.0 Å². The molecule has 2 N–H and O–H groups in total. The van der Waals surface area contributed by atoms with Crippen molar-refractivity contribution < 1.29 is 23.5 Å². The second-order valence-corrected chi connectivity index (χ2v) is 7.52. The number of amides is 3. The molecule has 9 heteroatoms. The van der Waals surface area contributed by atoms with Gasteiger partial charge in [-0.2, -0.15) is 0 Å². The molecule has 1 aromatic heterocycles. The van der Waals surface area contributed by atoms with Crippen LogP contribution in [0.4, 0.5) is 4.79 Å². The van der Waals surface area contributed by atoms with Crippen molar-refractivity contribution in [2.24, 2.45) is 5.92 Å². The number of halogens is 1. The van der Waals surface area contributed by atoms with Crippen molar-refractivity contribution in [3.8, 4) is 0 Å². The molecule has 0 saturated heterocycles. The molecule has 3 amide bonds. The van der Waals surface area contributed by atoms with Crippen LogP contribution in [0.3, 0.4) is 0 Å². The van der Waals surface area contributed by atoms with Crippen molar-refractivity contribution in [1.82, 2.24) is 10.6 Å². The minimum absolute atomic E-state index is 0.0134. The summed E-state index contributed by atoms with van der Waals surface area (Å²) in [4.78, 5) is 48.0. The summed E-state index contributed by atoms with van der Waals surface area (Å²) in [5.74, 6) is -1.78. The monoisotopic (exact) mass is 420 g/mol.